The van der Waals surface area contributed by atoms with Crippen LogP contribution in [-0.4, -0.2) is 32.8 Å². The number of para-hydroxylation sites is 1. The number of methoxy groups -OCH3 is 1. The van der Waals surface area contributed by atoms with Gasteiger partial charge in [0.05, 0.1) is 7.11 Å². The average molecular weight is 252 g/mol. The van der Waals surface area contributed by atoms with Crippen LogP contribution in [0.5, 0.6) is 5.75 Å². The average Bonchev–Trinajstić information content (AvgIpc) is 2.38. The van der Waals surface area contributed by atoms with Crippen molar-refractivity contribution in [3.63, 3.8) is 0 Å². The van der Waals surface area contributed by atoms with Gasteiger partial charge >= 0.3 is 6.09 Å². The van der Waals surface area contributed by atoms with Crippen molar-refractivity contribution < 1.29 is 19.1 Å². The van der Waals surface area contributed by atoms with E-state index in [1.165, 1.54) is 7.11 Å². The highest BCUT2D eigenvalue weighted by Crippen LogP contribution is 2.17. The van der Waals surface area contributed by atoms with Crippen molar-refractivity contribution in [2.45, 2.75) is 6.54 Å². The maximum absolute atomic E-state index is 11.3. The summed E-state index contributed by atoms with van der Waals surface area (Å²) in [5.74, 6) is 0.0491. The van der Waals surface area contributed by atoms with Crippen LogP contribution in [0.25, 0.3) is 0 Å². The maximum Gasteiger partial charge on any atom is 0.413 e. The van der Waals surface area contributed by atoms with Gasteiger partial charge in [0.15, 0.2) is 6.61 Å². The van der Waals surface area contributed by atoms with Crippen LogP contribution in [0.3, 0.4) is 0 Å². The molecule has 1 rings (SSSR count). The number of rotatable bonds is 5. The molecule has 1 aromatic carbocycles. The fourth-order valence-corrected chi connectivity index (χ4v) is 1.33. The zero-order valence-corrected chi connectivity index (χ0v) is 10.4. The first kappa shape index (κ1) is 14.0. The minimum Gasteiger partial charge on any atom is -0.483 e. The zero-order chi connectivity index (χ0) is 13.4. The summed E-state index contributed by atoms with van der Waals surface area (Å²) in [6.45, 7) is 0.393. The van der Waals surface area contributed by atoms with E-state index in [4.69, 9.17) is 4.74 Å². The van der Waals surface area contributed by atoms with E-state index in [0.717, 1.165) is 5.56 Å². The number of ether oxygens (including phenoxy) is 2. The van der Waals surface area contributed by atoms with Crippen LogP contribution in [0.4, 0.5) is 4.79 Å². The molecule has 0 aliphatic heterocycles. The third-order valence-corrected chi connectivity index (χ3v) is 2.13. The molecular formula is C12H16N2O4. The molecule has 0 aromatic heterocycles. The fraction of sp³-hybridized carbons (Fsp3) is 0.333. The predicted octanol–water partition coefficient (Wildman–Crippen LogP) is 0.667. The molecule has 6 nitrogen and oxygen atoms in total. The Morgan fingerprint density at radius 1 is 1.28 bits per heavy atom. The molecule has 0 heterocycles. The number of hydrogen-bond acceptors (Lipinski definition) is 5. The molecule has 2 amide bonds. The molecule has 0 spiro atoms. The lowest BCUT2D eigenvalue weighted by Gasteiger charge is -2.10. The Morgan fingerprint density at radius 3 is 2.67 bits per heavy atom. The monoisotopic (exact) mass is 252 g/mol. The predicted molar refractivity (Wildman–Crippen MR) is 65.2 cm³/mol. The van der Waals surface area contributed by atoms with Crippen LogP contribution >= 0.6 is 0 Å². The number of carbonyl (C=O) groups is 2. The van der Waals surface area contributed by atoms with Crippen LogP contribution in [0.15, 0.2) is 24.3 Å². The molecule has 0 unspecified atom stereocenters. The largest absolute Gasteiger partial charge is 0.483 e. The minimum absolute atomic E-state index is 0.240. The third-order valence-electron chi connectivity index (χ3n) is 2.13. The lowest BCUT2D eigenvalue weighted by molar-refractivity contribution is -0.122. The molecule has 0 saturated heterocycles. The van der Waals surface area contributed by atoms with E-state index in [9.17, 15) is 9.59 Å². The second-order valence-corrected chi connectivity index (χ2v) is 3.47. The van der Waals surface area contributed by atoms with Gasteiger partial charge in [-0.15, -0.1) is 0 Å². The summed E-state index contributed by atoms with van der Waals surface area (Å²) < 4.78 is 9.64. The SMILES string of the molecule is CNCc1ccccc1OCC(=O)NC(=O)OC. The van der Waals surface area contributed by atoms with Gasteiger partial charge in [0.1, 0.15) is 5.75 Å². The molecule has 1 aromatic rings. The van der Waals surface area contributed by atoms with E-state index in [2.05, 4.69) is 10.1 Å². The zero-order valence-electron chi connectivity index (χ0n) is 10.4. The van der Waals surface area contributed by atoms with Crippen molar-refractivity contribution in [1.82, 2.24) is 10.6 Å². The minimum atomic E-state index is -0.799. The summed E-state index contributed by atoms with van der Waals surface area (Å²) >= 11 is 0. The van der Waals surface area contributed by atoms with Gasteiger partial charge in [-0.2, -0.15) is 0 Å². The molecular weight excluding hydrogens is 236 g/mol. The van der Waals surface area contributed by atoms with Gasteiger partial charge in [0.2, 0.25) is 0 Å². The first-order valence-corrected chi connectivity index (χ1v) is 5.40. The van der Waals surface area contributed by atoms with E-state index < -0.39 is 12.0 Å². The van der Waals surface area contributed by atoms with E-state index in [-0.39, 0.29) is 6.61 Å². The lowest BCUT2D eigenvalue weighted by Crippen LogP contribution is -2.34. The molecule has 0 aliphatic carbocycles. The quantitative estimate of drug-likeness (QED) is 0.805. The number of hydrogen-bond donors (Lipinski definition) is 2. The molecule has 0 saturated carbocycles. The Labute approximate surface area is 105 Å². The Kier molecular flexibility index (Phi) is 5.66. The van der Waals surface area contributed by atoms with E-state index >= 15 is 0 Å². The fourth-order valence-electron chi connectivity index (χ4n) is 1.33. The first-order chi connectivity index (χ1) is 8.67. The number of alkyl carbamates (subject to hydrolysis) is 1. The molecule has 6 heteroatoms. The smallest absolute Gasteiger partial charge is 0.413 e. The summed E-state index contributed by atoms with van der Waals surface area (Å²) in [6, 6.07) is 7.35. The molecule has 0 bridgehead atoms. The highest BCUT2D eigenvalue weighted by molar-refractivity contribution is 5.92. The van der Waals surface area contributed by atoms with Gasteiger partial charge in [-0.05, 0) is 13.1 Å². The first-order valence-electron chi connectivity index (χ1n) is 5.40. The summed E-state index contributed by atoms with van der Waals surface area (Å²) in [4.78, 5) is 22.1. The summed E-state index contributed by atoms with van der Waals surface area (Å²) in [7, 11) is 3.01. The number of nitrogens with one attached hydrogen (secondary N) is 2. The van der Waals surface area contributed by atoms with Crippen LogP contribution in [0.1, 0.15) is 5.56 Å². The number of carbonyl (C=O) groups excluding carboxylic acids is 2. The molecule has 0 aliphatic rings. The molecule has 0 atom stereocenters. The number of amides is 2. The van der Waals surface area contributed by atoms with Gasteiger partial charge in [-0.1, -0.05) is 18.2 Å². The normalized spacial score (nSPS) is 9.67. The summed E-state index contributed by atoms with van der Waals surface area (Å²) in [6.07, 6.45) is -0.799. The van der Waals surface area contributed by atoms with Crippen LogP contribution < -0.4 is 15.4 Å². The summed E-state index contributed by atoms with van der Waals surface area (Å²) in [5.41, 5.74) is 0.936. The highest BCUT2D eigenvalue weighted by atomic mass is 16.5. The second-order valence-electron chi connectivity index (χ2n) is 3.47. The van der Waals surface area contributed by atoms with Gasteiger partial charge in [0, 0.05) is 12.1 Å². The van der Waals surface area contributed by atoms with Crippen molar-refractivity contribution in [1.29, 1.82) is 0 Å². The molecule has 0 radical (unpaired) electrons. The summed E-state index contributed by atoms with van der Waals surface area (Å²) in [5, 5.41) is 5.01. The Balaban J connectivity index is 2.52. The lowest BCUT2D eigenvalue weighted by atomic mass is 10.2. The molecule has 2 N–H and O–H groups in total. The topological polar surface area (TPSA) is 76.7 Å². The van der Waals surface area contributed by atoms with Gasteiger partial charge < -0.3 is 14.8 Å². The number of imide groups is 1. The van der Waals surface area contributed by atoms with Crippen LogP contribution in [0.2, 0.25) is 0 Å². The maximum atomic E-state index is 11.3. The van der Waals surface area contributed by atoms with Crippen molar-refractivity contribution >= 4 is 12.0 Å². The van der Waals surface area contributed by atoms with E-state index in [1.807, 2.05) is 30.6 Å². The molecule has 18 heavy (non-hydrogen) atoms. The highest BCUT2D eigenvalue weighted by Gasteiger charge is 2.09. The van der Waals surface area contributed by atoms with Crippen molar-refractivity contribution in [2.75, 3.05) is 20.8 Å². The van der Waals surface area contributed by atoms with Crippen LogP contribution in [-0.2, 0) is 16.1 Å². The van der Waals surface area contributed by atoms with E-state index in [1.54, 1.807) is 6.07 Å². The Hall–Kier alpha value is -2.08. The van der Waals surface area contributed by atoms with Gasteiger partial charge in [-0.25, -0.2) is 4.79 Å². The van der Waals surface area contributed by atoms with Crippen molar-refractivity contribution in [3.8, 4) is 5.75 Å². The Bertz CT molecular complexity index is 420. The van der Waals surface area contributed by atoms with Gasteiger partial charge in [-0.3, -0.25) is 10.1 Å². The van der Waals surface area contributed by atoms with Crippen molar-refractivity contribution in [2.24, 2.45) is 0 Å². The standard InChI is InChI=1S/C12H16N2O4/c1-13-7-9-5-3-4-6-10(9)18-8-11(15)14-12(16)17-2/h3-6,13H,7-8H2,1-2H3,(H,14,15,16). The molecule has 98 valence electrons. The van der Waals surface area contributed by atoms with Gasteiger partial charge in [0.25, 0.3) is 5.91 Å². The van der Waals surface area contributed by atoms with Crippen LogP contribution in [0, 0.1) is 0 Å². The van der Waals surface area contributed by atoms with E-state index in [0.29, 0.717) is 12.3 Å². The Morgan fingerprint density at radius 2 is 2.00 bits per heavy atom. The molecule has 0 fully saturated rings. The third kappa shape index (κ3) is 4.42. The number of benzene rings is 1. The van der Waals surface area contributed by atoms with Crippen molar-refractivity contribution in [3.05, 3.63) is 29.8 Å². The second kappa shape index (κ2) is 7.29.